The van der Waals surface area contributed by atoms with Gasteiger partial charge in [0.15, 0.2) is 5.11 Å². The maximum Gasteiger partial charge on any atom is 0.413 e. The molecule has 0 saturated heterocycles. The van der Waals surface area contributed by atoms with Crippen molar-refractivity contribution in [3.63, 3.8) is 0 Å². The lowest BCUT2D eigenvalue weighted by atomic mass is 10.1. The number of nitro benzene ring substituents is 1. The molecule has 0 bridgehead atoms. The van der Waals surface area contributed by atoms with Crippen LogP contribution in [-0.2, 0) is 16.7 Å². The number of hydrogen-bond donors (Lipinski definition) is 2. The van der Waals surface area contributed by atoms with Gasteiger partial charge in [-0.25, -0.2) is 9.69 Å². The average molecular weight is 480 g/mol. The molecule has 154 valence electrons. The molecule has 0 aliphatic heterocycles. The average Bonchev–Trinajstić information content (AvgIpc) is 2.61. The van der Waals surface area contributed by atoms with E-state index in [1.807, 2.05) is 0 Å². The Hall–Kier alpha value is -2.67. The van der Waals surface area contributed by atoms with Crippen molar-refractivity contribution in [2.75, 3.05) is 0 Å². The van der Waals surface area contributed by atoms with Gasteiger partial charge in [-0.3, -0.25) is 10.1 Å². The number of benzene rings is 2. The van der Waals surface area contributed by atoms with Gasteiger partial charge in [-0.05, 0) is 42.5 Å². The molecule has 0 unspecified atom stereocenters. The van der Waals surface area contributed by atoms with Gasteiger partial charge < -0.3 is 15.0 Å². The van der Waals surface area contributed by atoms with E-state index in [2.05, 4.69) is 12.2 Å². The molecule has 10 nitrogen and oxygen atoms in total. The molecule has 2 aromatic carbocycles. The van der Waals surface area contributed by atoms with Crippen LogP contribution in [0.3, 0.4) is 0 Å². The van der Waals surface area contributed by atoms with Crippen LogP contribution in [0, 0.1) is 10.1 Å². The molecule has 29 heavy (non-hydrogen) atoms. The number of nitrogens with zero attached hydrogens (tertiary/aromatic N) is 2. The summed E-state index contributed by atoms with van der Waals surface area (Å²) in [6.45, 7) is -0.520. The van der Waals surface area contributed by atoms with E-state index < -0.39 is 49.1 Å². The Bertz CT molecular complexity index is 1100. The van der Waals surface area contributed by atoms with Crippen LogP contribution in [0.4, 0.5) is 10.5 Å². The Morgan fingerprint density at radius 2 is 1.93 bits per heavy atom. The number of halogens is 2. The molecule has 0 saturated carbocycles. The lowest BCUT2D eigenvalue weighted by Crippen LogP contribution is -2.39. The van der Waals surface area contributed by atoms with Crippen LogP contribution in [0.25, 0.3) is 0 Å². The summed E-state index contributed by atoms with van der Waals surface area (Å²) in [6.07, 6.45) is -1.51. The fourth-order valence-electron chi connectivity index (χ4n) is 2.15. The SMILES string of the molecule is NC(=S)N(Cc1ccc(OS(=O)(=O)c2cc(Cl)ccc2Cl)cc1[N+](=O)[O-])C(=O)O. The standard InChI is InChI=1S/C15H11Cl2N3O7S2/c16-9-2-4-11(17)13(5-9)29(25,26)27-10-3-1-8(12(6-10)20(23)24)7-19(14(18)28)15(21)22/h1-6H,7H2,(H2,18,28)(H,21,22). The summed E-state index contributed by atoms with van der Waals surface area (Å²) in [5.74, 6) is -0.395. The molecular weight excluding hydrogens is 469 g/mol. The molecule has 2 rings (SSSR count). The van der Waals surface area contributed by atoms with Crippen LogP contribution in [0.15, 0.2) is 41.3 Å². The highest BCUT2D eigenvalue weighted by atomic mass is 35.5. The molecule has 1 amide bonds. The van der Waals surface area contributed by atoms with Gasteiger partial charge in [-0.1, -0.05) is 23.2 Å². The number of nitro groups is 1. The largest absolute Gasteiger partial charge is 0.465 e. The summed E-state index contributed by atoms with van der Waals surface area (Å²) >= 11 is 16.2. The monoisotopic (exact) mass is 479 g/mol. The summed E-state index contributed by atoms with van der Waals surface area (Å²) in [7, 11) is -4.46. The topological polar surface area (TPSA) is 153 Å². The molecular formula is C15H11Cl2N3O7S2. The highest BCUT2D eigenvalue weighted by molar-refractivity contribution is 7.87. The molecule has 2 aromatic rings. The maximum atomic E-state index is 12.4. The van der Waals surface area contributed by atoms with Crippen molar-refractivity contribution < 1.29 is 27.4 Å². The number of hydrogen-bond acceptors (Lipinski definition) is 7. The fraction of sp³-hybridized carbons (Fsp3) is 0.0667. The Kier molecular flexibility index (Phi) is 6.85. The number of nitrogens with two attached hydrogens (primary N) is 1. The molecule has 0 spiro atoms. The van der Waals surface area contributed by atoms with Gasteiger partial charge >= 0.3 is 16.2 Å². The smallest absolute Gasteiger partial charge is 0.413 e. The van der Waals surface area contributed by atoms with Gasteiger partial charge in [0, 0.05) is 5.02 Å². The molecule has 14 heteroatoms. The number of carboxylic acid groups (broad SMARTS) is 1. The minimum absolute atomic E-state index is 0.0873. The van der Waals surface area contributed by atoms with Gasteiger partial charge in [0.05, 0.1) is 28.1 Å². The highest BCUT2D eigenvalue weighted by Gasteiger charge is 2.25. The first-order valence-electron chi connectivity index (χ1n) is 7.39. The van der Waals surface area contributed by atoms with E-state index >= 15 is 0 Å². The first kappa shape index (κ1) is 22.6. The normalized spacial score (nSPS) is 11.0. The van der Waals surface area contributed by atoms with Crippen molar-refractivity contribution in [2.45, 2.75) is 11.4 Å². The van der Waals surface area contributed by atoms with Gasteiger partial charge in [0.25, 0.3) is 5.69 Å². The second kappa shape index (κ2) is 8.78. The molecule has 3 N–H and O–H groups in total. The zero-order valence-corrected chi connectivity index (χ0v) is 17.3. The zero-order chi connectivity index (χ0) is 21.9. The number of carbonyl (C=O) groups is 1. The summed E-state index contributed by atoms with van der Waals surface area (Å²) < 4.78 is 29.8. The highest BCUT2D eigenvalue weighted by Crippen LogP contribution is 2.31. The second-order valence-corrected chi connectivity index (χ2v) is 8.14. The van der Waals surface area contributed by atoms with Crippen molar-refractivity contribution in [1.29, 1.82) is 0 Å². The van der Waals surface area contributed by atoms with E-state index in [-0.39, 0.29) is 15.6 Å². The number of rotatable bonds is 6. The van der Waals surface area contributed by atoms with Gasteiger partial charge in [-0.15, -0.1) is 0 Å². The zero-order valence-electron chi connectivity index (χ0n) is 14.1. The van der Waals surface area contributed by atoms with Gasteiger partial charge in [0.1, 0.15) is 10.6 Å². The molecule has 0 aromatic heterocycles. The summed E-state index contributed by atoms with van der Waals surface area (Å²) in [5.41, 5.74) is 4.61. The third-order valence-corrected chi connectivity index (χ3v) is 5.63. The molecule has 0 fully saturated rings. The minimum atomic E-state index is -4.46. The third-order valence-electron chi connectivity index (χ3n) is 3.45. The van der Waals surface area contributed by atoms with E-state index in [1.54, 1.807) is 0 Å². The van der Waals surface area contributed by atoms with Crippen LogP contribution in [0.1, 0.15) is 5.56 Å². The summed E-state index contributed by atoms with van der Waals surface area (Å²) in [6, 6.07) is 6.75. The Morgan fingerprint density at radius 3 is 2.48 bits per heavy atom. The van der Waals surface area contributed by atoms with Gasteiger partial charge in [-0.2, -0.15) is 8.42 Å². The molecule has 0 heterocycles. The predicted molar refractivity (Wildman–Crippen MR) is 108 cm³/mol. The van der Waals surface area contributed by atoms with E-state index in [9.17, 15) is 23.3 Å². The van der Waals surface area contributed by atoms with E-state index in [0.29, 0.717) is 4.90 Å². The van der Waals surface area contributed by atoms with Crippen molar-refractivity contribution in [1.82, 2.24) is 4.90 Å². The first-order chi connectivity index (χ1) is 13.4. The lowest BCUT2D eigenvalue weighted by Gasteiger charge is -2.17. The molecule has 0 aliphatic rings. The minimum Gasteiger partial charge on any atom is -0.465 e. The lowest BCUT2D eigenvalue weighted by molar-refractivity contribution is -0.385. The van der Waals surface area contributed by atoms with Crippen LogP contribution in [0.2, 0.25) is 10.0 Å². The fourth-order valence-corrected chi connectivity index (χ4v) is 3.96. The van der Waals surface area contributed by atoms with Crippen molar-refractivity contribution in [3.8, 4) is 5.75 Å². The van der Waals surface area contributed by atoms with Crippen LogP contribution < -0.4 is 9.92 Å². The van der Waals surface area contributed by atoms with Crippen molar-refractivity contribution in [2.24, 2.45) is 5.73 Å². The summed E-state index contributed by atoms with van der Waals surface area (Å²) in [5, 5.41) is 19.9. The second-order valence-electron chi connectivity index (χ2n) is 5.37. The summed E-state index contributed by atoms with van der Waals surface area (Å²) in [4.78, 5) is 21.8. The van der Waals surface area contributed by atoms with Crippen molar-refractivity contribution >= 4 is 62.4 Å². The Balaban J connectivity index is 2.42. The molecule has 0 aliphatic carbocycles. The predicted octanol–water partition coefficient (Wildman–Crippen LogP) is 3.39. The Labute approximate surface area is 179 Å². The maximum absolute atomic E-state index is 12.4. The molecule has 0 radical (unpaired) electrons. The first-order valence-corrected chi connectivity index (χ1v) is 9.96. The van der Waals surface area contributed by atoms with Crippen LogP contribution in [0.5, 0.6) is 5.75 Å². The molecule has 0 atom stereocenters. The van der Waals surface area contributed by atoms with Crippen LogP contribution >= 0.6 is 35.4 Å². The van der Waals surface area contributed by atoms with Crippen LogP contribution in [-0.4, -0.2) is 34.6 Å². The number of amides is 1. The van der Waals surface area contributed by atoms with Crippen molar-refractivity contribution in [3.05, 3.63) is 62.1 Å². The van der Waals surface area contributed by atoms with E-state index in [4.69, 9.17) is 38.2 Å². The van der Waals surface area contributed by atoms with Gasteiger partial charge in [0.2, 0.25) is 0 Å². The quantitative estimate of drug-likeness (QED) is 0.274. The van der Waals surface area contributed by atoms with E-state index in [1.165, 1.54) is 12.1 Å². The number of thiocarbonyl (C=S) groups is 1. The Morgan fingerprint density at radius 1 is 1.28 bits per heavy atom. The third kappa shape index (κ3) is 5.44. The van der Waals surface area contributed by atoms with E-state index in [0.717, 1.165) is 24.3 Å².